The molecule has 1 N–H and O–H groups in total. The molecule has 1 amide bonds. The molecule has 1 aliphatic heterocycles. The number of benzene rings is 1. The Balaban J connectivity index is 1.72. The van der Waals surface area contributed by atoms with E-state index < -0.39 is 0 Å². The Labute approximate surface area is 134 Å². The van der Waals surface area contributed by atoms with Gasteiger partial charge in [0.15, 0.2) is 0 Å². The third-order valence-electron chi connectivity index (χ3n) is 4.04. The summed E-state index contributed by atoms with van der Waals surface area (Å²) in [6.07, 6.45) is 2.53. The smallest absolute Gasteiger partial charge is 0.257 e. The van der Waals surface area contributed by atoms with Gasteiger partial charge in [0.25, 0.3) is 5.91 Å². The number of aromatic amines is 1. The SMILES string of the molecule is Cc1[nH]ncc1C(=O)N1CCCN(c2ccccc2Cl)CC1. The molecule has 0 radical (unpaired) electrons. The number of anilines is 1. The average molecular weight is 319 g/mol. The molecule has 0 aliphatic carbocycles. The number of hydrogen-bond donors (Lipinski definition) is 1. The van der Waals surface area contributed by atoms with E-state index in [2.05, 4.69) is 15.1 Å². The van der Waals surface area contributed by atoms with Crippen LogP contribution < -0.4 is 4.90 Å². The van der Waals surface area contributed by atoms with Gasteiger partial charge in [-0.3, -0.25) is 9.89 Å². The number of carbonyl (C=O) groups is 1. The Morgan fingerprint density at radius 1 is 1.23 bits per heavy atom. The fourth-order valence-electron chi connectivity index (χ4n) is 2.81. The predicted octanol–water partition coefficient (Wildman–Crippen LogP) is 2.72. The quantitative estimate of drug-likeness (QED) is 0.926. The summed E-state index contributed by atoms with van der Waals surface area (Å²) in [5.41, 5.74) is 2.52. The predicted molar refractivity (Wildman–Crippen MR) is 87.5 cm³/mol. The van der Waals surface area contributed by atoms with Crippen molar-refractivity contribution in [2.24, 2.45) is 0 Å². The summed E-state index contributed by atoms with van der Waals surface area (Å²) in [6.45, 7) is 5.00. The second kappa shape index (κ2) is 6.40. The molecule has 2 heterocycles. The number of aryl methyl sites for hydroxylation is 1. The molecule has 6 heteroatoms. The zero-order valence-electron chi connectivity index (χ0n) is 12.6. The molecule has 3 rings (SSSR count). The topological polar surface area (TPSA) is 52.2 Å². The first kappa shape index (κ1) is 14.9. The van der Waals surface area contributed by atoms with Crippen molar-refractivity contribution in [3.63, 3.8) is 0 Å². The van der Waals surface area contributed by atoms with Crippen molar-refractivity contribution >= 4 is 23.2 Å². The average Bonchev–Trinajstić information content (AvgIpc) is 2.80. The van der Waals surface area contributed by atoms with Crippen LogP contribution in [0.2, 0.25) is 5.02 Å². The molecule has 0 atom stereocenters. The molecule has 0 unspecified atom stereocenters. The summed E-state index contributed by atoms with van der Waals surface area (Å²) in [5, 5.41) is 7.51. The number of H-pyrrole nitrogens is 1. The molecule has 0 saturated carbocycles. The van der Waals surface area contributed by atoms with Crippen LogP contribution in [0.25, 0.3) is 0 Å². The number of hydrogen-bond acceptors (Lipinski definition) is 3. The second-order valence-corrected chi connectivity index (χ2v) is 5.90. The van der Waals surface area contributed by atoms with Crippen molar-refractivity contribution in [1.29, 1.82) is 0 Å². The lowest BCUT2D eigenvalue weighted by molar-refractivity contribution is 0.0766. The molecule has 116 valence electrons. The minimum atomic E-state index is 0.0484. The molecule has 0 bridgehead atoms. The summed E-state index contributed by atoms with van der Waals surface area (Å²) in [5.74, 6) is 0.0484. The summed E-state index contributed by atoms with van der Waals surface area (Å²) < 4.78 is 0. The molecule has 1 fully saturated rings. The van der Waals surface area contributed by atoms with Crippen LogP contribution in [-0.4, -0.2) is 47.2 Å². The van der Waals surface area contributed by atoms with Crippen LogP contribution in [0, 0.1) is 6.92 Å². The highest BCUT2D eigenvalue weighted by atomic mass is 35.5. The van der Waals surface area contributed by atoms with Gasteiger partial charge in [0.1, 0.15) is 0 Å². The molecule has 0 spiro atoms. The summed E-state index contributed by atoms with van der Waals surface area (Å²) in [7, 11) is 0. The highest BCUT2D eigenvalue weighted by molar-refractivity contribution is 6.33. The van der Waals surface area contributed by atoms with Crippen LogP contribution in [0.15, 0.2) is 30.5 Å². The zero-order valence-corrected chi connectivity index (χ0v) is 13.3. The lowest BCUT2D eigenvalue weighted by Crippen LogP contribution is -2.35. The van der Waals surface area contributed by atoms with E-state index in [4.69, 9.17) is 11.6 Å². The number of amides is 1. The summed E-state index contributed by atoms with van der Waals surface area (Å²) in [4.78, 5) is 16.7. The molecular formula is C16H19ClN4O. The van der Waals surface area contributed by atoms with E-state index in [0.717, 1.165) is 42.5 Å². The van der Waals surface area contributed by atoms with E-state index >= 15 is 0 Å². The largest absolute Gasteiger partial charge is 0.368 e. The van der Waals surface area contributed by atoms with E-state index in [1.54, 1.807) is 6.20 Å². The number of carbonyl (C=O) groups excluding carboxylic acids is 1. The number of para-hydroxylation sites is 1. The summed E-state index contributed by atoms with van der Waals surface area (Å²) >= 11 is 6.28. The number of nitrogens with zero attached hydrogens (tertiary/aromatic N) is 3. The van der Waals surface area contributed by atoms with Gasteiger partial charge in [0, 0.05) is 31.9 Å². The van der Waals surface area contributed by atoms with Crippen molar-refractivity contribution < 1.29 is 4.79 Å². The Morgan fingerprint density at radius 2 is 2.05 bits per heavy atom. The highest BCUT2D eigenvalue weighted by Gasteiger charge is 2.23. The van der Waals surface area contributed by atoms with Gasteiger partial charge < -0.3 is 9.80 Å². The number of halogens is 1. The Morgan fingerprint density at radius 3 is 2.77 bits per heavy atom. The van der Waals surface area contributed by atoms with Crippen LogP contribution in [0.3, 0.4) is 0 Å². The van der Waals surface area contributed by atoms with Gasteiger partial charge >= 0.3 is 0 Å². The Hall–Kier alpha value is -2.01. The third kappa shape index (κ3) is 2.95. The van der Waals surface area contributed by atoms with Gasteiger partial charge in [-0.1, -0.05) is 23.7 Å². The van der Waals surface area contributed by atoms with Gasteiger partial charge in [0.2, 0.25) is 0 Å². The van der Waals surface area contributed by atoms with Gasteiger partial charge in [-0.2, -0.15) is 5.10 Å². The van der Waals surface area contributed by atoms with E-state index in [0.29, 0.717) is 12.1 Å². The minimum absolute atomic E-state index is 0.0484. The first-order chi connectivity index (χ1) is 10.7. The maximum absolute atomic E-state index is 12.6. The molecule has 1 aliphatic rings. The molecule has 1 aromatic heterocycles. The van der Waals surface area contributed by atoms with Crippen LogP contribution in [0.5, 0.6) is 0 Å². The number of nitrogens with one attached hydrogen (secondary N) is 1. The fourth-order valence-corrected chi connectivity index (χ4v) is 3.06. The first-order valence-electron chi connectivity index (χ1n) is 7.45. The van der Waals surface area contributed by atoms with Crippen LogP contribution in [0.1, 0.15) is 22.5 Å². The van der Waals surface area contributed by atoms with E-state index in [1.807, 2.05) is 36.1 Å². The molecule has 2 aromatic rings. The molecule has 22 heavy (non-hydrogen) atoms. The van der Waals surface area contributed by atoms with E-state index in [-0.39, 0.29) is 5.91 Å². The lowest BCUT2D eigenvalue weighted by Gasteiger charge is -2.24. The normalized spacial score (nSPS) is 15.7. The third-order valence-corrected chi connectivity index (χ3v) is 4.36. The number of rotatable bonds is 2. The number of aromatic nitrogens is 2. The molecule has 1 aromatic carbocycles. The van der Waals surface area contributed by atoms with E-state index in [1.165, 1.54) is 0 Å². The van der Waals surface area contributed by atoms with Crippen LogP contribution in [0.4, 0.5) is 5.69 Å². The van der Waals surface area contributed by atoms with Crippen LogP contribution >= 0.6 is 11.6 Å². The maximum Gasteiger partial charge on any atom is 0.257 e. The second-order valence-electron chi connectivity index (χ2n) is 5.49. The molecule has 1 saturated heterocycles. The summed E-state index contributed by atoms with van der Waals surface area (Å²) in [6, 6.07) is 7.85. The van der Waals surface area contributed by atoms with Crippen molar-refractivity contribution in [3.8, 4) is 0 Å². The standard InChI is InChI=1S/C16H19ClN4O/c1-12-13(11-18-19-12)16(22)21-8-4-7-20(9-10-21)15-6-3-2-5-14(15)17/h2-3,5-6,11H,4,7-10H2,1H3,(H,18,19). The van der Waals surface area contributed by atoms with Gasteiger partial charge in [-0.05, 0) is 25.5 Å². The highest BCUT2D eigenvalue weighted by Crippen LogP contribution is 2.26. The van der Waals surface area contributed by atoms with Gasteiger partial charge in [0.05, 0.1) is 22.5 Å². The Kier molecular flexibility index (Phi) is 4.34. The van der Waals surface area contributed by atoms with Crippen molar-refractivity contribution in [1.82, 2.24) is 15.1 Å². The Bertz CT molecular complexity index is 670. The van der Waals surface area contributed by atoms with Crippen molar-refractivity contribution in [2.45, 2.75) is 13.3 Å². The van der Waals surface area contributed by atoms with Crippen molar-refractivity contribution in [2.75, 3.05) is 31.1 Å². The maximum atomic E-state index is 12.6. The van der Waals surface area contributed by atoms with Gasteiger partial charge in [-0.25, -0.2) is 0 Å². The lowest BCUT2D eigenvalue weighted by atomic mass is 10.2. The van der Waals surface area contributed by atoms with E-state index in [9.17, 15) is 4.79 Å². The monoisotopic (exact) mass is 318 g/mol. The zero-order chi connectivity index (χ0) is 15.5. The first-order valence-corrected chi connectivity index (χ1v) is 7.83. The van der Waals surface area contributed by atoms with Crippen molar-refractivity contribution in [3.05, 3.63) is 46.7 Å². The fraction of sp³-hybridized carbons (Fsp3) is 0.375. The van der Waals surface area contributed by atoms with Gasteiger partial charge in [-0.15, -0.1) is 0 Å². The molecular weight excluding hydrogens is 300 g/mol. The van der Waals surface area contributed by atoms with Crippen LogP contribution in [-0.2, 0) is 0 Å². The minimum Gasteiger partial charge on any atom is -0.368 e. The molecule has 5 nitrogen and oxygen atoms in total.